The SMILES string of the molecule is c1ccc(C2=NC(c3ccc4c(c3)sc3ccc(-c5cccc6c5sc5cccc(-n7c8ccccc8c8ccccc87)c56)cc34)NC(c3ccccc3)N2)cc1. The minimum Gasteiger partial charge on any atom is -0.350 e. The van der Waals surface area contributed by atoms with Crippen LogP contribution in [0.1, 0.15) is 29.0 Å². The molecule has 2 N–H and O–H groups in total. The molecule has 0 amide bonds. The van der Waals surface area contributed by atoms with Crippen molar-refractivity contribution in [3.8, 4) is 16.8 Å². The Hall–Kier alpha value is -6.57. The van der Waals surface area contributed by atoms with Crippen LogP contribution < -0.4 is 10.6 Å². The second-order valence-electron chi connectivity index (χ2n) is 14.8. The molecule has 0 radical (unpaired) electrons. The Morgan fingerprint density at radius 2 is 1.19 bits per heavy atom. The van der Waals surface area contributed by atoms with Gasteiger partial charge in [-0.15, -0.1) is 22.7 Å². The van der Waals surface area contributed by atoms with E-state index in [2.05, 4.69) is 191 Å². The third-order valence-corrected chi connectivity index (χ3v) is 13.8. The monoisotopic (exact) mass is 766 g/mol. The number of fused-ring (bicyclic) bond motifs is 9. The summed E-state index contributed by atoms with van der Waals surface area (Å²) in [5.41, 5.74) is 9.61. The third-order valence-electron chi connectivity index (χ3n) is 11.5. The van der Waals surface area contributed by atoms with Crippen molar-refractivity contribution in [3.05, 3.63) is 199 Å². The summed E-state index contributed by atoms with van der Waals surface area (Å²) in [4.78, 5) is 5.21. The summed E-state index contributed by atoms with van der Waals surface area (Å²) in [6.45, 7) is 0. The Morgan fingerprint density at radius 3 is 2.00 bits per heavy atom. The van der Waals surface area contributed by atoms with Crippen LogP contribution in [-0.4, -0.2) is 10.4 Å². The zero-order valence-corrected chi connectivity index (χ0v) is 32.3. The highest BCUT2D eigenvalue weighted by Gasteiger charge is 2.26. The Kier molecular flexibility index (Phi) is 7.45. The molecule has 0 spiro atoms. The number of aliphatic imine (C=N–C) groups is 1. The lowest BCUT2D eigenvalue weighted by Gasteiger charge is -2.32. The van der Waals surface area contributed by atoms with E-state index in [0.717, 1.165) is 17.0 Å². The van der Waals surface area contributed by atoms with Crippen molar-refractivity contribution in [2.24, 2.45) is 4.99 Å². The van der Waals surface area contributed by atoms with E-state index in [1.807, 2.05) is 28.7 Å². The van der Waals surface area contributed by atoms with Gasteiger partial charge in [-0.25, -0.2) is 4.99 Å². The van der Waals surface area contributed by atoms with Crippen LogP contribution in [-0.2, 0) is 0 Å². The van der Waals surface area contributed by atoms with Crippen LogP contribution in [0.2, 0.25) is 0 Å². The van der Waals surface area contributed by atoms with Crippen molar-refractivity contribution in [2.75, 3.05) is 0 Å². The average molecular weight is 767 g/mol. The molecule has 0 aliphatic carbocycles. The number of nitrogens with one attached hydrogen (secondary N) is 2. The van der Waals surface area contributed by atoms with Crippen LogP contribution in [0.3, 0.4) is 0 Å². The van der Waals surface area contributed by atoms with Crippen molar-refractivity contribution in [1.29, 1.82) is 0 Å². The number of rotatable bonds is 5. The molecule has 11 aromatic rings. The van der Waals surface area contributed by atoms with Crippen molar-refractivity contribution >= 4 is 90.7 Å². The molecule has 1 aliphatic rings. The fourth-order valence-corrected chi connectivity index (χ4v) is 11.2. The molecule has 1 aliphatic heterocycles. The van der Waals surface area contributed by atoms with Crippen molar-refractivity contribution in [3.63, 3.8) is 0 Å². The first-order valence-electron chi connectivity index (χ1n) is 19.4. The topological polar surface area (TPSA) is 41.4 Å². The second-order valence-corrected chi connectivity index (χ2v) is 16.9. The fourth-order valence-electron chi connectivity index (χ4n) is 8.85. The van der Waals surface area contributed by atoms with Crippen LogP contribution in [0.5, 0.6) is 0 Å². The molecule has 2 atom stereocenters. The number of aromatic nitrogens is 1. The highest BCUT2D eigenvalue weighted by Crippen LogP contribution is 2.45. The number of benzene rings is 8. The smallest absolute Gasteiger partial charge is 0.131 e. The fraction of sp³-hybridized carbons (Fsp3) is 0.0392. The Labute approximate surface area is 337 Å². The lowest BCUT2D eigenvalue weighted by Crippen LogP contribution is -2.44. The van der Waals surface area contributed by atoms with Gasteiger partial charge >= 0.3 is 0 Å². The molecule has 2 unspecified atom stereocenters. The van der Waals surface area contributed by atoms with E-state index in [4.69, 9.17) is 4.99 Å². The first-order valence-corrected chi connectivity index (χ1v) is 21.0. The van der Waals surface area contributed by atoms with Crippen LogP contribution in [0.15, 0.2) is 187 Å². The molecule has 270 valence electrons. The maximum atomic E-state index is 5.21. The third kappa shape index (κ3) is 5.26. The highest BCUT2D eigenvalue weighted by molar-refractivity contribution is 7.26. The molecule has 3 aromatic heterocycles. The van der Waals surface area contributed by atoms with Gasteiger partial charge in [-0.2, -0.15) is 0 Å². The van der Waals surface area contributed by atoms with Gasteiger partial charge in [0.1, 0.15) is 18.2 Å². The van der Waals surface area contributed by atoms with Crippen LogP contribution in [0.25, 0.3) is 79.0 Å². The number of thiophene rings is 2. The average Bonchev–Trinajstić information content (AvgIpc) is 3.96. The summed E-state index contributed by atoms with van der Waals surface area (Å²) >= 11 is 3.75. The minimum atomic E-state index is -0.199. The summed E-state index contributed by atoms with van der Waals surface area (Å²) in [5, 5.41) is 15.2. The van der Waals surface area contributed by atoms with Crippen LogP contribution >= 0.6 is 22.7 Å². The van der Waals surface area contributed by atoms with Gasteiger partial charge in [0, 0.05) is 56.7 Å². The van der Waals surface area contributed by atoms with Gasteiger partial charge in [0.25, 0.3) is 0 Å². The molecule has 0 bridgehead atoms. The quantitative estimate of drug-likeness (QED) is 0.183. The molecule has 4 nitrogen and oxygen atoms in total. The molecule has 57 heavy (non-hydrogen) atoms. The van der Waals surface area contributed by atoms with E-state index in [1.54, 1.807) is 0 Å². The summed E-state index contributed by atoms with van der Waals surface area (Å²) in [6.07, 6.45) is -0.269. The predicted octanol–water partition coefficient (Wildman–Crippen LogP) is 13.5. The van der Waals surface area contributed by atoms with Gasteiger partial charge in [0.2, 0.25) is 0 Å². The lowest BCUT2D eigenvalue weighted by atomic mass is 10.00. The summed E-state index contributed by atoms with van der Waals surface area (Å²) in [5.74, 6) is 0.895. The predicted molar refractivity (Wildman–Crippen MR) is 243 cm³/mol. The van der Waals surface area contributed by atoms with Gasteiger partial charge in [0.15, 0.2) is 0 Å². The Balaban J connectivity index is 0.961. The molecule has 0 fully saturated rings. The Bertz CT molecular complexity index is 3320. The first kappa shape index (κ1) is 32.7. The standard InChI is InChI=1S/C51H34N4S2/c1-3-13-31(14-4-1)49-52-50(32-15-5-2-6-16-32)54-51(53-49)34-25-27-38-40-29-33(26-28-44(40)56-46(38)30-34)35-19-11-20-39-47-43(23-12-24-45(47)57-48(35)39)55-41-21-9-7-17-36(41)37-18-8-10-22-42(37)55/h1-30,49,51,53H,(H,52,54). The molecule has 6 heteroatoms. The summed E-state index contributed by atoms with van der Waals surface area (Å²) < 4.78 is 7.63. The number of nitrogens with zero attached hydrogens (tertiary/aromatic N) is 2. The largest absolute Gasteiger partial charge is 0.350 e. The van der Waals surface area contributed by atoms with E-state index in [-0.39, 0.29) is 12.3 Å². The molecule has 0 saturated carbocycles. The minimum absolute atomic E-state index is 0.0702. The molecule has 4 heterocycles. The highest BCUT2D eigenvalue weighted by atomic mass is 32.1. The zero-order chi connectivity index (χ0) is 37.5. The zero-order valence-electron chi connectivity index (χ0n) is 30.7. The molecular weight excluding hydrogens is 733 g/mol. The maximum Gasteiger partial charge on any atom is 0.131 e. The number of amidine groups is 1. The van der Waals surface area contributed by atoms with Crippen LogP contribution in [0.4, 0.5) is 0 Å². The maximum absolute atomic E-state index is 5.21. The van der Waals surface area contributed by atoms with E-state index in [1.165, 1.54) is 84.5 Å². The first-order chi connectivity index (χ1) is 28.2. The lowest BCUT2D eigenvalue weighted by molar-refractivity contribution is 0.409. The second kappa shape index (κ2) is 13.0. The number of hydrogen-bond donors (Lipinski definition) is 2. The molecule has 0 saturated heterocycles. The van der Waals surface area contributed by atoms with Crippen LogP contribution in [0, 0.1) is 0 Å². The van der Waals surface area contributed by atoms with Crippen molar-refractivity contribution in [2.45, 2.75) is 12.3 Å². The van der Waals surface area contributed by atoms with Gasteiger partial charge < -0.3 is 9.88 Å². The number of hydrogen-bond acceptors (Lipinski definition) is 5. The molecule has 8 aromatic carbocycles. The van der Waals surface area contributed by atoms with Gasteiger partial charge in [-0.3, -0.25) is 5.32 Å². The summed E-state index contributed by atoms with van der Waals surface area (Å²) in [7, 11) is 0. The normalized spacial score (nSPS) is 15.9. The van der Waals surface area contributed by atoms with Gasteiger partial charge in [-0.1, -0.05) is 140 Å². The molecule has 12 rings (SSSR count). The van der Waals surface area contributed by atoms with Crippen molar-refractivity contribution < 1.29 is 0 Å². The van der Waals surface area contributed by atoms with Gasteiger partial charge in [0.05, 0.1) is 16.7 Å². The van der Waals surface area contributed by atoms with Crippen molar-refractivity contribution in [1.82, 2.24) is 15.2 Å². The number of para-hydroxylation sites is 2. The van der Waals surface area contributed by atoms with E-state index >= 15 is 0 Å². The van der Waals surface area contributed by atoms with E-state index < -0.39 is 0 Å². The van der Waals surface area contributed by atoms with E-state index in [9.17, 15) is 0 Å². The molecular formula is C51H34N4S2. The van der Waals surface area contributed by atoms with Gasteiger partial charge in [-0.05, 0) is 64.7 Å². The van der Waals surface area contributed by atoms with E-state index in [0.29, 0.717) is 0 Å². The summed E-state index contributed by atoms with van der Waals surface area (Å²) in [6, 6.07) is 66.0. The Morgan fingerprint density at radius 1 is 0.474 bits per heavy atom.